The SMILES string of the molecule is O=C(CCCCCCC(=O)n1ccnc1)n1ccnc1. The van der Waals surface area contributed by atoms with Crippen LogP contribution in [0.2, 0.25) is 0 Å². The first-order valence-corrected chi connectivity index (χ1v) is 6.79. The van der Waals surface area contributed by atoms with Crippen molar-refractivity contribution in [1.82, 2.24) is 19.1 Å². The Kier molecular flexibility index (Phi) is 5.23. The Balaban J connectivity index is 1.54. The number of aromatic nitrogens is 4. The Bertz CT molecular complexity index is 481. The van der Waals surface area contributed by atoms with Crippen molar-refractivity contribution < 1.29 is 9.59 Å². The number of imidazole rings is 2. The molecule has 0 aliphatic heterocycles. The maximum atomic E-state index is 11.7. The van der Waals surface area contributed by atoms with Gasteiger partial charge in [0.15, 0.2) is 0 Å². The Hall–Kier alpha value is -2.24. The minimum absolute atomic E-state index is 0.0667. The van der Waals surface area contributed by atoms with Gasteiger partial charge in [0.2, 0.25) is 11.8 Å². The number of carbonyl (C=O) groups is 2. The van der Waals surface area contributed by atoms with Gasteiger partial charge < -0.3 is 0 Å². The van der Waals surface area contributed by atoms with Gasteiger partial charge in [0, 0.05) is 37.6 Å². The first-order valence-electron chi connectivity index (χ1n) is 6.79. The van der Waals surface area contributed by atoms with Gasteiger partial charge in [-0.25, -0.2) is 9.97 Å². The Morgan fingerprint density at radius 3 is 1.55 bits per heavy atom. The molecule has 0 radical (unpaired) electrons. The van der Waals surface area contributed by atoms with Gasteiger partial charge in [-0.15, -0.1) is 0 Å². The van der Waals surface area contributed by atoms with Crippen LogP contribution in [0.5, 0.6) is 0 Å². The molecule has 0 atom stereocenters. The molecule has 0 aliphatic carbocycles. The van der Waals surface area contributed by atoms with E-state index in [2.05, 4.69) is 9.97 Å². The second-order valence-electron chi connectivity index (χ2n) is 4.64. The monoisotopic (exact) mass is 274 g/mol. The lowest BCUT2D eigenvalue weighted by Gasteiger charge is -2.02. The summed E-state index contributed by atoms with van der Waals surface area (Å²) in [6.45, 7) is 0. The van der Waals surface area contributed by atoms with E-state index in [0.717, 1.165) is 25.7 Å². The van der Waals surface area contributed by atoms with Crippen molar-refractivity contribution in [3.05, 3.63) is 37.4 Å². The molecule has 2 aromatic rings. The topological polar surface area (TPSA) is 69.8 Å². The Morgan fingerprint density at radius 2 is 1.20 bits per heavy atom. The lowest BCUT2D eigenvalue weighted by atomic mass is 10.1. The van der Waals surface area contributed by atoms with Gasteiger partial charge in [0.1, 0.15) is 12.7 Å². The third-order valence-electron chi connectivity index (χ3n) is 3.12. The maximum Gasteiger partial charge on any atom is 0.231 e. The highest BCUT2D eigenvalue weighted by atomic mass is 16.2. The van der Waals surface area contributed by atoms with E-state index in [1.165, 1.54) is 21.8 Å². The van der Waals surface area contributed by atoms with Crippen LogP contribution in [0.15, 0.2) is 37.4 Å². The summed E-state index contributed by atoms with van der Waals surface area (Å²) in [5.74, 6) is 0.133. The number of nitrogens with zero attached hydrogens (tertiary/aromatic N) is 4. The third kappa shape index (κ3) is 4.15. The fourth-order valence-electron chi connectivity index (χ4n) is 1.98. The summed E-state index contributed by atoms with van der Waals surface area (Å²) in [6.07, 6.45) is 14.2. The van der Waals surface area contributed by atoms with E-state index in [4.69, 9.17) is 0 Å². The minimum atomic E-state index is 0.0667. The lowest BCUT2D eigenvalue weighted by molar-refractivity contribution is 0.0885. The molecule has 0 saturated heterocycles. The molecule has 2 rings (SSSR count). The van der Waals surface area contributed by atoms with Gasteiger partial charge in [-0.05, 0) is 12.8 Å². The summed E-state index contributed by atoms with van der Waals surface area (Å²) in [7, 11) is 0. The smallest absolute Gasteiger partial charge is 0.231 e. The molecule has 0 spiro atoms. The molecule has 2 aromatic heterocycles. The van der Waals surface area contributed by atoms with Crippen molar-refractivity contribution in [1.29, 1.82) is 0 Å². The Labute approximate surface area is 117 Å². The van der Waals surface area contributed by atoms with Gasteiger partial charge in [0.05, 0.1) is 0 Å². The van der Waals surface area contributed by atoms with E-state index in [1.807, 2.05) is 0 Å². The molecule has 6 nitrogen and oxygen atoms in total. The summed E-state index contributed by atoms with van der Waals surface area (Å²) < 4.78 is 3.01. The number of carbonyl (C=O) groups excluding carboxylic acids is 2. The zero-order valence-corrected chi connectivity index (χ0v) is 11.3. The van der Waals surface area contributed by atoms with Crippen LogP contribution in [0, 0.1) is 0 Å². The first kappa shape index (κ1) is 14.2. The number of rotatable bonds is 7. The molecular weight excluding hydrogens is 256 g/mol. The molecule has 0 bridgehead atoms. The molecule has 6 heteroatoms. The second-order valence-corrected chi connectivity index (χ2v) is 4.64. The van der Waals surface area contributed by atoms with Crippen LogP contribution in [-0.2, 0) is 0 Å². The zero-order valence-electron chi connectivity index (χ0n) is 11.3. The minimum Gasteiger partial charge on any atom is -0.276 e. The largest absolute Gasteiger partial charge is 0.276 e. The highest BCUT2D eigenvalue weighted by Gasteiger charge is 2.05. The summed E-state index contributed by atoms with van der Waals surface area (Å²) in [6, 6.07) is 0. The highest BCUT2D eigenvalue weighted by molar-refractivity contribution is 5.78. The number of unbranched alkanes of at least 4 members (excludes halogenated alkanes) is 3. The van der Waals surface area contributed by atoms with Gasteiger partial charge in [0.25, 0.3) is 0 Å². The van der Waals surface area contributed by atoms with E-state index in [1.54, 1.807) is 24.8 Å². The standard InChI is InChI=1S/C14H18N4O2/c19-13(17-9-7-15-11-17)5-3-1-2-4-6-14(20)18-10-8-16-12-18/h7-12H,1-6H2. The van der Waals surface area contributed by atoms with Crippen LogP contribution in [0.1, 0.15) is 48.1 Å². The van der Waals surface area contributed by atoms with Crippen molar-refractivity contribution in [3.63, 3.8) is 0 Å². The van der Waals surface area contributed by atoms with E-state index in [9.17, 15) is 9.59 Å². The van der Waals surface area contributed by atoms with E-state index >= 15 is 0 Å². The van der Waals surface area contributed by atoms with Crippen molar-refractivity contribution in [3.8, 4) is 0 Å². The molecule has 0 fully saturated rings. The van der Waals surface area contributed by atoms with Gasteiger partial charge in [-0.2, -0.15) is 0 Å². The predicted octanol–water partition coefficient (Wildman–Crippen LogP) is 2.40. The van der Waals surface area contributed by atoms with Crippen molar-refractivity contribution in [2.75, 3.05) is 0 Å². The van der Waals surface area contributed by atoms with Crippen LogP contribution in [-0.4, -0.2) is 30.9 Å². The maximum absolute atomic E-state index is 11.7. The molecule has 0 aromatic carbocycles. The van der Waals surface area contributed by atoms with Gasteiger partial charge >= 0.3 is 0 Å². The van der Waals surface area contributed by atoms with Crippen LogP contribution in [0.3, 0.4) is 0 Å². The summed E-state index contributed by atoms with van der Waals surface area (Å²) in [4.78, 5) is 31.0. The molecule has 2 heterocycles. The average Bonchev–Trinajstić information content (AvgIpc) is 3.14. The normalized spacial score (nSPS) is 10.6. The van der Waals surface area contributed by atoms with Crippen LogP contribution < -0.4 is 0 Å². The van der Waals surface area contributed by atoms with Crippen molar-refractivity contribution in [2.24, 2.45) is 0 Å². The summed E-state index contributed by atoms with van der Waals surface area (Å²) in [5, 5.41) is 0. The number of hydrogen-bond acceptors (Lipinski definition) is 4. The second kappa shape index (κ2) is 7.37. The average molecular weight is 274 g/mol. The quantitative estimate of drug-likeness (QED) is 0.727. The molecule has 0 saturated carbocycles. The molecule has 0 aliphatic rings. The third-order valence-corrected chi connectivity index (χ3v) is 3.12. The van der Waals surface area contributed by atoms with Gasteiger partial charge in [-0.3, -0.25) is 18.7 Å². The summed E-state index contributed by atoms with van der Waals surface area (Å²) >= 11 is 0. The zero-order chi connectivity index (χ0) is 14.2. The summed E-state index contributed by atoms with van der Waals surface area (Å²) in [5.41, 5.74) is 0. The fraction of sp³-hybridized carbons (Fsp3) is 0.429. The van der Waals surface area contributed by atoms with Crippen LogP contribution in [0.25, 0.3) is 0 Å². The van der Waals surface area contributed by atoms with E-state index < -0.39 is 0 Å². The predicted molar refractivity (Wildman–Crippen MR) is 73.4 cm³/mol. The number of hydrogen-bond donors (Lipinski definition) is 0. The fourth-order valence-corrected chi connectivity index (χ4v) is 1.98. The molecular formula is C14H18N4O2. The van der Waals surface area contributed by atoms with Crippen molar-refractivity contribution >= 4 is 11.8 Å². The van der Waals surface area contributed by atoms with Gasteiger partial charge in [-0.1, -0.05) is 12.8 Å². The highest BCUT2D eigenvalue weighted by Crippen LogP contribution is 2.07. The van der Waals surface area contributed by atoms with E-state index in [0.29, 0.717) is 12.8 Å². The molecule has 0 amide bonds. The first-order chi connectivity index (χ1) is 9.77. The Morgan fingerprint density at radius 1 is 0.750 bits per heavy atom. The molecule has 0 unspecified atom stereocenters. The lowest BCUT2D eigenvalue weighted by Crippen LogP contribution is -2.08. The molecule has 106 valence electrons. The van der Waals surface area contributed by atoms with Crippen LogP contribution >= 0.6 is 0 Å². The van der Waals surface area contributed by atoms with E-state index in [-0.39, 0.29) is 11.8 Å². The molecule has 0 N–H and O–H groups in total. The van der Waals surface area contributed by atoms with Crippen LogP contribution in [0.4, 0.5) is 0 Å². The van der Waals surface area contributed by atoms with Crippen molar-refractivity contribution in [2.45, 2.75) is 38.5 Å². The molecule has 20 heavy (non-hydrogen) atoms.